The molecule has 0 aliphatic heterocycles. The molecule has 0 saturated carbocycles. The third kappa shape index (κ3) is 6.36. The molecule has 1 amide bonds. The van der Waals surface area contributed by atoms with Gasteiger partial charge in [0.2, 0.25) is 0 Å². The molecule has 29 heavy (non-hydrogen) atoms. The zero-order chi connectivity index (χ0) is 21.4. The number of aliphatic carboxylic acids is 1. The van der Waals surface area contributed by atoms with E-state index in [4.69, 9.17) is 14.6 Å². The number of anilines is 1. The Kier molecular flexibility index (Phi) is 7.80. The molecule has 0 unspecified atom stereocenters. The summed E-state index contributed by atoms with van der Waals surface area (Å²) in [4.78, 5) is 23.2. The SMILES string of the molecule is CCOc1cc(/C=C(\C#N)C(=O)Nc2ccc(C)cc2)c(Br)cc1OCC(=O)O. The predicted octanol–water partition coefficient (Wildman–Crippen LogP) is 4.17. The molecule has 0 aliphatic carbocycles. The number of carbonyl (C=O) groups is 2. The van der Waals surface area contributed by atoms with Crippen molar-refractivity contribution >= 4 is 39.6 Å². The molecule has 0 atom stereocenters. The number of hydrogen-bond acceptors (Lipinski definition) is 5. The number of rotatable bonds is 8. The lowest BCUT2D eigenvalue weighted by atomic mass is 10.1. The molecule has 7 nitrogen and oxygen atoms in total. The number of carbonyl (C=O) groups excluding carboxylic acids is 1. The van der Waals surface area contributed by atoms with Crippen molar-refractivity contribution in [2.75, 3.05) is 18.5 Å². The number of halogens is 1. The molecule has 0 aliphatic rings. The van der Waals surface area contributed by atoms with Crippen LogP contribution in [0.25, 0.3) is 6.08 Å². The van der Waals surface area contributed by atoms with E-state index in [1.807, 2.05) is 25.1 Å². The zero-order valence-electron chi connectivity index (χ0n) is 15.9. The first-order chi connectivity index (χ1) is 13.8. The molecule has 2 aromatic carbocycles. The van der Waals surface area contributed by atoms with Gasteiger partial charge in [-0.25, -0.2) is 4.79 Å². The van der Waals surface area contributed by atoms with E-state index in [0.717, 1.165) is 5.56 Å². The van der Waals surface area contributed by atoms with Crippen molar-refractivity contribution in [1.29, 1.82) is 5.26 Å². The Morgan fingerprint density at radius 2 is 1.86 bits per heavy atom. The van der Waals surface area contributed by atoms with Crippen LogP contribution in [0, 0.1) is 18.3 Å². The summed E-state index contributed by atoms with van der Waals surface area (Å²) in [6.07, 6.45) is 1.41. The molecule has 150 valence electrons. The normalized spacial score (nSPS) is 10.8. The summed E-state index contributed by atoms with van der Waals surface area (Å²) in [5.74, 6) is -1.13. The zero-order valence-corrected chi connectivity index (χ0v) is 17.4. The van der Waals surface area contributed by atoms with Crippen molar-refractivity contribution in [1.82, 2.24) is 0 Å². The van der Waals surface area contributed by atoms with Crippen LogP contribution >= 0.6 is 15.9 Å². The van der Waals surface area contributed by atoms with Gasteiger partial charge in [0.1, 0.15) is 11.6 Å². The van der Waals surface area contributed by atoms with Crippen LogP contribution < -0.4 is 14.8 Å². The maximum atomic E-state index is 12.5. The van der Waals surface area contributed by atoms with Crippen LogP contribution in [0.1, 0.15) is 18.1 Å². The van der Waals surface area contributed by atoms with Gasteiger partial charge in [0, 0.05) is 10.2 Å². The largest absolute Gasteiger partial charge is 0.490 e. The fraction of sp³-hybridized carbons (Fsp3) is 0.190. The number of carboxylic acids is 1. The summed E-state index contributed by atoms with van der Waals surface area (Å²) in [5.41, 5.74) is 2.03. The number of benzene rings is 2. The maximum Gasteiger partial charge on any atom is 0.341 e. The number of nitrogens with zero attached hydrogens (tertiary/aromatic N) is 1. The summed E-state index contributed by atoms with van der Waals surface area (Å²) < 4.78 is 11.2. The van der Waals surface area contributed by atoms with E-state index >= 15 is 0 Å². The van der Waals surface area contributed by atoms with Crippen molar-refractivity contribution in [3.8, 4) is 17.6 Å². The molecule has 0 saturated heterocycles. The molecule has 2 N–H and O–H groups in total. The smallest absolute Gasteiger partial charge is 0.341 e. The topological polar surface area (TPSA) is 109 Å². The average molecular weight is 459 g/mol. The third-order valence-electron chi connectivity index (χ3n) is 3.69. The molecule has 2 aromatic rings. The number of hydrogen-bond donors (Lipinski definition) is 2. The standard InChI is InChI=1S/C21H19BrN2O5/c1-3-28-18-9-14(17(22)10-19(18)29-12-20(25)26)8-15(11-23)21(27)24-16-6-4-13(2)5-7-16/h4-10H,3,12H2,1-2H3,(H,24,27)(H,25,26)/b15-8+. The summed E-state index contributed by atoms with van der Waals surface area (Å²) in [5, 5.41) is 20.9. The summed E-state index contributed by atoms with van der Waals surface area (Å²) in [7, 11) is 0. The fourth-order valence-electron chi connectivity index (χ4n) is 2.32. The van der Waals surface area contributed by atoms with Gasteiger partial charge in [-0.3, -0.25) is 4.79 Å². The molecular formula is C21H19BrN2O5. The highest BCUT2D eigenvalue weighted by Crippen LogP contribution is 2.35. The van der Waals surface area contributed by atoms with Crippen LogP contribution in [-0.2, 0) is 9.59 Å². The van der Waals surface area contributed by atoms with Gasteiger partial charge in [-0.15, -0.1) is 0 Å². The third-order valence-corrected chi connectivity index (χ3v) is 4.38. The van der Waals surface area contributed by atoms with Crippen LogP contribution in [0.15, 0.2) is 46.4 Å². The Morgan fingerprint density at radius 3 is 2.45 bits per heavy atom. The van der Waals surface area contributed by atoms with Crippen molar-refractivity contribution in [3.05, 3.63) is 57.6 Å². The number of nitriles is 1. The van der Waals surface area contributed by atoms with E-state index in [9.17, 15) is 14.9 Å². The minimum absolute atomic E-state index is 0.104. The molecule has 0 radical (unpaired) electrons. The molecule has 0 fully saturated rings. The second-order valence-corrected chi connectivity index (χ2v) is 6.78. The van der Waals surface area contributed by atoms with Crippen LogP contribution in [0.4, 0.5) is 5.69 Å². The van der Waals surface area contributed by atoms with Crippen molar-refractivity contribution in [2.24, 2.45) is 0 Å². The van der Waals surface area contributed by atoms with E-state index in [-0.39, 0.29) is 11.3 Å². The molecule has 0 spiro atoms. The highest BCUT2D eigenvalue weighted by molar-refractivity contribution is 9.10. The Morgan fingerprint density at radius 1 is 1.21 bits per heavy atom. The van der Waals surface area contributed by atoms with E-state index in [1.54, 1.807) is 25.1 Å². The van der Waals surface area contributed by atoms with Crippen molar-refractivity contribution < 1.29 is 24.2 Å². The molecule has 2 rings (SSSR count). The summed E-state index contributed by atoms with van der Waals surface area (Å²) in [6.45, 7) is 3.51. The number of ether oxygens (including phenoxy) is 2. The van der Waals surface area contributed by atoms with Gasteiger partial charge in [-0.1, -0.05) is 33.6 Å². The number of nitrogens with one attached hydrogen (secondary N) is 1. The highest BCUT2D eigenvalue weighted by Gasteiger charge is 2.15. The van der Waals surface area contributed by atoms with Gasteiger partial charge in [-0.05, 0) is 49.8 Å². The van der Waals surface area contributed by atoms with Gasteiger partial charge in [0.25, 0.3) is 5.91 Å². The fourth-order valence-corrected chi connectivity index (χ4v) is 2.76. The van der Waals surface area contributed by atoms with Gasteiger partial charge >= 0.3 is 5.97 Å². The Labute approximate surface area is 176 Å². The molecule has 0 bridgehead atoms. The van der Waals surface area contributed by atoms with Crippen molar-refractivity contribution in [3.63, 3.8) is 0 Å². The van der Waals surface area contributed by atoms with Crippen LogP contribution in [0.3, 0.4) is 0 Å². The average Bonchev–Trinajstić information content (AvgIpc) is 2.68. The van der Waals surface area contributed by atoms with Gasteiger partial charge in [0.05, 0.1) is 6.61 Å². The number of aryl methyl sites for hydroxylation is 1. The molecular weight excluding hydrogens is 440 g/mol. The number of carboxylic acid groups (broad SMARTS) is 1. The highest BCUT2D eigenvalue weighted by atomic mass is 79.9. The Hall–Kier alpha value is -3.31. The minimum Gasteiger partial charge on any atom is -0.490 e. The van der Waals surface area contributed by atoms with E-state index in [0.29, 0.717) is 28.1 Å². The van der Waals surface area contributed by atoms with Crippen LogP contribution in [-0.4, -0.2) is 30.2 Å². The number of amides is 1. The molecule has 0 aromatic heterocycles. The first kappa shape index (κ1) is 22.0. The summed E-state index contributed by atoms with van der Waals surface area (Å²) in [6, 6.07) is 12.2. The van der Waals surface area contributed by atoms with Crippen molar-refractivity contribution in [2.45, 2.75) is 13.8 Å². The van der Waals surface area contributed by atoms with Gasteiger partial charge in [0.15, 0.2) is 18.1 Å². The van der Waals surface area contributed by atoms with E-state index in [1.165, 1.54) is 12.1 Å². The second kappa shape index (κ2) is 10.3. The molecule has 0 heterocycles. The Bertz CT molecular complexity index is 978. The second-order valence-electron chi connectivity index (χ2n) is 5.93. The van der Waals surface area contributed by atoms with E-state index in [2.05, 4.69) is 21.2 Å². The molecule has 8 heteroatoms. The van der Waals surface area contributed by atoms with Gasteiger partial charge < -0.3 is 19.9 Å². The quantitative estimate of drug-likeness (QED) is 0.453. The lowest BCUT2D eigenvalue weighted by Crippen LogP contribution is -2.13. The lowest BCUT2D eigenvalue weighted by Gasteiger charge is -2.13. The van der Waals surface area contributed by atoms with Gasteiger partial charge in [-0.2, -0.15) is 5.26 Å². The van der Waals surface area contributed by atoms with Crippen LogP contribution in [0.2, 0.25) is 0 Å². The Balaban J connectivity index is 2.32. The monoisotopic (exact) mass is 458 g/mol. The predicted molar refractivity (Wildman–Crippen MR) is 112 cm³/mol. The first-order valence-corrected chi connectivity index (χ1v) is 9.44. The van der Waals surface area contributed by atoms with E-state index < -0.39 is 18.5 Å². The lowest BCUT2D eigenvalue weighted by molar-refractivity contribution is -0.139. The first-order valence-electron chi connectivity index (χ1n) is 8.64. The van der Waals surface area contributed by atoms with Crippen LogP contribution in [0.5, 0.6) is 11.5 Å². The maximum absolute atomic E-state index is 12.5. The summed E-state index contributed by atoms with van der Waals surface area (Å²) >= 11 is 3.35. The minimum atomic E-state index is -1.12.